The number of hydrogen-bond donors (Lipinski definition) is 0. The molecule has 0 spiro atoms. The van der Waals surface area contributed by atoms with E-state index in [0.717, 1.165) is 56.0 Å². The summed E-state index contributed by atoms with van der Waals surface area (Å²) in [7, 11) is 0. The van der Waals surface area contributed by atoms with Crippen molar-refractivity contribution in [3.05, 3.63) is 189 Å². The van der Waals surface area contributed by atoms with E-state index in [1.165, 1.54) is 21.8 Å². The molecule has 10 aromatic rings. The molecule has 0 saturated heterocycles. The van der Waals surface area contributed by atoms with E-state index in [2.05, 4.69) is 112 Å². The van der Waals surface area contributed by atoms with Gasteiger partial charge in [-0.25, -0.2) is 19.9 Å². The van der Waals surface area contributed by atoms with Crippen molar-refractivity contribution in [3.8, 4) is 73.5 Å². The van der Waals surface area contributed by atoms with E-state index in [1.54, 1.807) is 12.4 Å². The zero-order chi connectivity index (χ0) is 36.6. The molecule has 0 bridgehead atoms. The Morgan fingerprint density at radius 2 is 0.836 bits per heavy atom. The van der Waals surface area contributed by atoms with Gasteiger partial charge in [-0.1, -0.05) is 97.1 Å². The molecule has 7 heteroatoms. The van der Waals surface area contributed by atoms with E-state index >= 15 is 0 Å². The van der Waals surface area contributed by atoms with Crippen LogP contribution in [0.15, 0.2) is 189 Å². The fourth-order valence-electron chi connectivity index (χ4n) is 7.15. The van der Waals surface area contributed by atoms with Crippen molar-refractivity contribution in [3.63, 3.8) is 0 Å². The second-order valence-electron chi connectivity index (χ2n) is 13.3. The zero-order valence-electron chi connectivity index (χ0n) is 29.5. The van der Waals surface area contributed by atoms with Gasteiger partial charge >= 0.3 is 0 Å². The molecule has 5 heterocycles. The maximum atomic E-state index is 5.09. The molecule has 0 saturated carbocycles. The molecule has 0 aliphatic rings. The smallest absolute Gasteiger partial charge is 0.164 e. The van der Waals surface area contributed by atoms with Crippen molar-refractivity contribution in [2.24, 2.45) is 0 Å². The van der Waals surface area contributed by atoms with E-state index in [9.17, 15) is 0 Å². The van der Waals surface area contributed by atoms with Crippen LogP contribution in [0.3, 0.4) is 0 Å². The normalized spacial score (nSPS) is 11.3. The van der Waals surface area contributed by atoms with Gasteiger partial charge in [0.05, 0.1) is 22.4 Å². The summed E-state index contributed by atoms with van der Waals surface area (Å²) < 4.78 is 2.34. The lowest BCUT2D eigenvalue weighted by Gasteiger charge is -2.12. The first kappa shape index (κ1) is 32.0. The highest BCUT2D eigenvalue weighted by Gasteiger charge is 2.17. The highest BCUT2D eigenvalue weighted by molar-refractivity contribution is 6.10. The van der Waals surface area contributed by atoms with Gasteiger partial charge in [0, 0.05) is 69.1 Å². The van der Waals surface area contributed by atoms with Crippen molar-refractivity contribution in [1.29, 1.82) is 0 Å². The second kappa shape index (κ2) is 13.7. The summed E-state index contributed by atoms with van der Waals surface area (Å²) in [4.78, 5) is 28.8. The molecule has 10 rings (SSSR count). The first-order valence-corrected chi connectivity index (χ1v) is 18.1. The largest absolute Gasteiger partial charge is 0.309 e. The van der Waals surface area contributed by atoms with Crippen LogP contribution in [-0.4, -0.2) is 34.5 Å². The molecule has 0 atom stereocenters. The number of para-hydroxylation sites is 2. The summed E-state index contributed by atoms with van der Waals surface area (Å²) >= 11 is 0. The third-order valence-electron chi connectivity index (χ3n) is 9.83. The van der Waals surface area contributed by atoms with Gasteiger partial charge in [-0.15, -0.1) is 0 Å². The van der Waals surface area contributed by atoms with Crippen LogP contribution in [0.4, 0.5) is 0 Å². The summed E-state index contributed by atoms with van der Waals surface area (Å²) in [5.74, 6) is 1.72. The molecule has 0 aliphatic heterocycles. The van der Waals surface area contributed by atoms with Gasteiger partial charge in [-0.05, 0) is 77.9 Å². The van der Waals surface area contributed by atoms with Crippen molar-refractivity contribution < 1.29 is 0 Å². The van der Waals surface area contributed by atoms with Gasteiger partial charge < -0.3 is 4.57 Å². The van der Waals surface area contributed by atoms with Crippen molar-refractivity contribution in [1.82, 2.24) is 34.5 Å². The fraction of sp³-hybridized carbons (Fsp3) is 0. The van der Waals surface area contributed by atoms with E-state index < -0.39 is 0 Å². The number of benzene rings is 5. The lowest BCUT2D eigenvalue weighted by Crippen LogP contribution is -2.01. The van der Waals surface area contributed by atoms with Crippen LogP contribution in [0.1, 0.15) is 0 Å². The predicted molar refractivity (Wildman–Crippen MR) is 220 cm³/mol. The molecule has 5 aromatic carbocycles. The van der Waals surface area contributed by atoms with Crippen LogP contribution in [0.2, 0.25) is 0 Å². The number of aromatic nitrogens is 7. The van der Waals surface area contributed by atoms with Gasteiger partial charge in [0.1, 0.15) is 0 Å². The van der Waals surface area contributed by atoms with Gasteiger partial charge in [-0.3, -0.25) is 9.97 Å². The summed E-state index contributed by atoms with van der Waals surface area (Å²) in [6.07, 6.45) is 7.14. The molecular weight excluding hydrogens is 675 g/mol. The van der Waals surface area contributed by atoms with Crippen LogP contribution < -0.4 is 0 Å². The quantitative estimate of drug-likeness (QED) is 0.164. The van der Waals surface area contributed by atoms with Gasteiger partial charge in [0.25, 0.3) is 0 Å². The predicted octanol–water partition coefficient (Wildman–Crippen LogP) is 11.2. The molecule has 0 radical (unpaired) electrons. The molecule has 0 amide bonds. The Labute approximate surface area is 317 Å². The molecule has 0 unspecified atom stereocenters. The van der Waals surface area contributed by atoms with Crippen LogP contribution in [0, 0.1) is 0 Å². The Morgan fingerprint density at radius 1 is 0.327 bits per heavy atom. The average molecular weight is 706 g/mol. The van der Waals surface area contributed by atoms with E-state index in [1.807, 2.05) is 79.1 Å². The summed E-state index contributed by atoms with van der Waals surface area (Å²) in [6, 6.07) is 56.2. The first-order valence-electron chi connectivity index (χ1n) is 18.1. The summed E-state index contributed by atoms with van der Waals surface area (Å²) in [5.41, 5.74) is 11.7. The number of pyridine rings is 3. The van der Waals surface area contributed by atoms with E-state index in [-0.39, 0.29) is 0 Å². The third-order valence-corrected chi connectivity index (χ3v) is 9.83. The molecule has 0 N–H and O–H groups in total. The SMILES string of the molecule is c1ccc(-c2nc(-c3ccc(-c4ccc5c(c4)c4ccccc4n5-c4ccccc4)cc3)nc(-c3cc(-c4cccnc4)nc(-c4cccnc4)c3)n2)cc1. The minimum absolute atomic E-state index is 0.547. The van der Waals surface area contributed by atoms with Crippen molar-refractivity contribution in [2.75, 3.05) is 0 Å². The number of nitrogens with zero attached hydrogens (tertiary/aromatic N) is 7. The van der Waals surface area contributed by atoms with Crippen LogP contribution in [0.5, 0.6) is 0 Å². The van der Waals surface area contributed by atoms with Crippen LogP contribution >= 0.6 is 0 Å². The summed E-state index contributed by atoms with van der Waals surface area (Å²) in [5, 5.41) is 2.43. The topological polar surface area (TPSA) is 82.3 Å². The van der Waals surface area contributed by atoms with Crippen LogP contribution in [-0.2, 0) is 0 Å². The Bertz CT molecular complexity index is 2890. The van der Waals surface area contributed by atoms with Gasteiger partial charge in [0.2, 0.25) is 0 Å². The number of hydrogen-bond acceptors (Lipinski definition) is 6. The van der Waals surface area contributed by atoms with Crippen LogP contribution in [0.25, 0.3) is 95.3 Å². The highest BCUT2D eigenvalue weighted by Crippen LogP contribution is 2.36. The van der Waals surface area contributed by atoms with E-state index in [0.29, 0.717) is 17.5 Å². The fourth-order valence-corrected chi connectivity index (χ4v) is 7.15. The molecule has 55 heavy (non-hydrogen) atoms. The standard InChI is InChI=1S/C48H31N7/c1-3-11-33(12-4-1)46-52-47(54-48(53-46)38-28-42(36-13-9-25-49-30-36)51-43(29-38)37-14-10-26-50-31-37)34-21-19-32(20-22-34)35-23-24-45-41(27-35)40-17-7-8-18-44(40)55(45)39-15-5-2-6-16-39/h1-31H. The Balaban J connectivity index is 1.08. The average Bonchev–Trinajstić information content (AvgIpc) is 3.61. The molecule has 258 valence electrons. The van der Waals surface area contributed by atoms with Gasteiger partial charge in [-0.2, -0.15) is 0 Å². The highest BCUT2D eigenvalue weighted by atomic mass is 15.0. The van der Waals surface area contributed by atoms with Gasteiger partial charge in [0.15, 0.2) is 17.5 Å². The maximum Gasteiger partial charge on any atom is 0.164 e. The summed E-state index contributed by atoms with van der Waals surface area (Å²) in [6.45, 7) is 0. The third kappa shape index (κ3) is 6.09. The Morgan fingerprint density at radius 3 is 1.47 bits per heavy atom. The number of rotatable bonds is 7. The number of fused-ring (bicyclic) bond motifs is 3. The monoisotopic (exact) mass is 705 g/mol. The lowest BCUT2D eigenvalue weighted by molar-refractivity contribution is 1.07. The van der Waals surface area contributed by atoms with Crippen molar-refractivity contribution >= 4 is 21.8 Å². The lowest BCUT2D eigenvalue weighted by atomic mass is 10.0. The van der Waals surface area contributed by atoms with E-state index in [4.69, 9.17) is 19.9 Å². The molecular formula is C48H31N7. The minimum atomic E-state index is 0.547. The minimum Gasteiger partial charge on any atom is -0.309 e. The molecule has 0 fully saturated rings. The molecule has 7 nitrogen and oxygen atoms in total. The molecule has 5 aromatic heterocycles. The van der Waals surface area contributed by atoms with Crippen molar-refractivity contribution in [2.45, 2.75) is 0 Å². The Kier molecular flexibility index (Phi) is 8.00. The zero-order valence-corrected chi connectivity index (χ0v) is 29.5. The molecule has 0 aliphatic carbocycles. The second-order valence-corrected chi connectivity index (χ2v) is 13.3. The Hall–Kier alpha value is -7.64. The first-order chi connectivity index (χ1) is 27.2. The maximum absolute atomic E-state index is 5.09.